The molecule has 1 unspecified atom stereocenters. The molecular weight excluding hydrogens is 364 g/mol. The number of hydrogen-bond acceptors (Lipinski definition) is 6. The number of amides is 1. The van der Waals surface area contributed by atoms with E-state index < -0.39 is 5.25 Å². The van der Waals surface area contributed by atoms with Gasteiger partial charge in [-0.05, 0) is 26.0 Å². The third-order valence-electron chi connectivity index (χ3n) is 3.58. The lowest BCUT2D eigenvalue weighted by Crippen LogP contribution is -2.22. The van der Waals surface area contributed by atoms with Crippen molar-refractivity contribution in [2.75, 3.05) is 5.32 Å². The molecule has 2 heterocycles. The van der Waals surface area contributed by atoms with Gasteiger partial charge in [-0.3, -0.25) is 4.79 Å². The Balaban J connectivity index is 1.68. The Labute approximate surface area is 160 Å². The molecule has 130 valence electrons. The summed E-state index contributed by atoms with van der Waals surface area (Å²) in [6.45, 7) is 3.65. The van der Waals surface area contributed by atoms with Gasteiger partial charge in [0.1, 0.15) is 11.1 Å². The topological polar surface area (TPSA) is 78.7 Å². The number of anilines is 1. The molecule has 0 aliphatic carbocycles. The van der Waals surface area contributed by atoms with Gasteiger partial charge >= 0.3 is 0 Å². The number of pyridine rings is 1. The highest BCUT2D eigenvalue weighted by molar-refractivity contribution is 8.00. The van der Waals surface area contributed by atoms with Gasteiger partial charge in [0.15, 0.2) is 5.13 Å². The van der Waals surface area contributed by atoms with Crippen LogP contribution in [0.1, 0.15) is 18.2 Å². The number of thiazole rings is 1. The van der Waals surface area contributed by atoms with Gasteiger partial charge in [-0.2, -0.15) is 5.26 Å². The summed E-state index contributed by atoms with van der Waals surface area (Å²) in [7, 11) is 0. The predicted octanol–water partition coefficient (Wildman–Crippen LogP) is 4.50. The van der Waals surface area contributed by atoms with E-state index in [2.05, 4.69) is 21.4 Å². The molecule has 1 amide bonds. The standard InChI is InChI=1S/C19H16N4OS2/c1-12-8-9-15(10-20)18(21-12)26-13(2)17(24)23-19-22-16(11-25-19)14-6-4-3-5-7-14/h3-9,11,13H,1-2H3,(H,22,23,24). The molecule has 0 saturated heterocycles. The Morgan fingerprint density at radius 2 is 2.00 bits per heavy atom. The Hall–Kier alpha value is -2.69. The summed E-state index contributed by atoms with van der Waals surface area (Å²) >= 11 is 2.66. The van der Waals surface area contributed by atoms with E-state index in [9.17, 15) is 10.1 Å². The quantitative estimate of drug-likeness (QED) is 0.659. The molecule has 2 aromatic heterocycles. The number of nitrogens with zero attached hydrogens (tertiary/aromatic N) is 3. The van der Waals surface area contributed by atoms with Crippen molar-refractivity contribution in [2.24, 2.45) is 0 Å². The van der Waals surface area contributed by atoms with E-state index in [1.54, 1.807) is 19.1 Å². The number of thioether (sulfide) groups is 1. The van der Waals surface area contributed by atoms with Crippen molar-refractivity contribution in [1.82, 2.24) is 9.97 Å². The summed E-state index contributed by atoms with van der Waals surface area (Å²) in [6, 6.07) is 15.4. The fraction of sp³-hybridized carbons (Fsp3) is 0.158. The molecule has 26 heavy (non-hydrogen) atoms. The van der Waals surface area contributed by atoms with E-state index in [-0.39, 0.29) is 5.91 Å². The molecule has 0 saturated carbocycles. The minimum absolute atomic E-state index is 0.170. The molecule has 3 rings (SSSR count). The van der Waals surface area contributed by atoms with Crippen molar-refractivity contribution in [2.45, 2.75) is 24.1 Å². The van der Waals surface area contributed by atoms with Crippen molar-refractivity contribution >= 4 is 34.1 Å². The average Bonchev–Trinajstić information content (AvgIpc) is 3.11. The Morgan fingerprint density at radius 3 is 2.73 bits per heavy atom. The largest absolute Gasteiger partial charge is 0.301 e. The summed E-state index contributed by atoms with van der Waals surface area (Å²) < 4.78 is 0. The van der Waals surface area contributed by atoms with Crippen LogP contribution >= 0.6 is 23.1 Å². The number of carbonyl (C=O) groups excluding carboxylic acids is 1. The minimum Gasteiger partial charge on any atom is -0.301 e. The first-order chi connectivity index (χ1) is 12.6. The number of rotatable bonds is 5. The fourth-order valence-corrected chi connectivity index (χ4v) is 3.87. The van der Waals surface area contributed by atoms with Crippen LogP contribution in [0.5, 0.6) is 0 Å². The second-order valence-electron chi connectivity index (χ2n) is 5.57. The third-order valence-corrected chi connectivity index (χ3v) is 5.44. The second-order valence-corrected chi connectivity index (χ2v) is 7.76. The number of nitriles is 1. The van der Waals surface area contributed by atoms with E-state index in [1.165, 1.54) is 23.1 Å². The lowest BCUT2D eigenvalue weighted by molar-refractivity contribution is -0.115. The van der Waals surface area contributed by atoms with E-state index >= 15 is 0 Å². The molecule has 1 N–H and O–H groups in total. The molecule has 3 aromatic rings. The molecule has 0 bridgehead atoms. The summed E-state index contributed by atoms with van der Waals surface area (Å²) in [6.07, 6.45) is 0. The van der Waals surface area contributed by atoms with E-state index in [1.807, 2.05) is 42.6 Å². The number of carbonyl (C=O) groups is 1. The third kappa shape index (κ3) is 4.28. The van der Waals surface area contributed by atoms with Crippen LogP contribution in [0, 0.1) is 18.3 Å². The van der Waals surface area contributed by atoms with Gasteiger partial charge in [-0.15, -0.1) is 11.3 Å². The zero-order chi connectivity index (χ0) is 18.5. The molecule has 0 aliphatic heterocycles. The van der Waals surface area contributed by atoms with Gasteiger partial charge in [0.2, 0.25) is 5.91 Å². The van der Waals surface area contributed by atoms with Crippen LogP contribution in [-0.2, 0) is 4.79 Å². The molecule has 1 aromatic carbocycles. The van der Waals surface area contributed by atoms with Crippen LogP contribution in [0.2, 0.25) is 0 Å². The van der Waals surface area contributed by atoms with Crippen LogP contribution in [-0.4, -0.2) is 21.1 Å². The van der Waals surface area contributed by atoms with Gasteiger partial charge in [0.25, 0.3) is 0 Å². The van der Waals surface area contributed by atoms with Crippen molar-refractivity contribution in [3.63, 3.8) is 0 Å². The van der Waals surface area contributed by atoms with Crippen LogP contribution in [0.4, 0.5) is 5.13 Å². The lowest BCUT2D eigenvalue weighted by Gasteiger charge is -2.11. The highest BCUT2D eigenvalue weighted by atomic mass is 32.2. The monoisotopic (exact) mass is 380 g/mol. The molecule has 0 aliphatic rings. The first kappa shape index (κ1) is 18.1. The minimum atomic E-state index is -0.402. The smallest absolute Gasteiger partial charge is 0.239 e. The summed E-state index contributed by atoms with van der Waals surface area (Å²) in [5.74, 6) is -0.170. The highest BCUT2D eigenvalue weighted by Crippen LogP contribution is 2.28. The van der Waals surface area contributed by atoms with E-state index in [0.717, 1.165) is 17.0 Å². The molecule has 1 atom stereocenters. The molecular formula is C19H16N4OS2. The zero-order valence-corrected chi connectivity index (χ0v) is 15.9. The molecule has 5 nitrogen and oxygen atoms in total. The van der Waals surface area contributed by atoms with Crippen molar-refractivity contribution in [1.29, 1.82) is 5.26 Å². The first-order valence-electron chi connectivity index (χ1n) is 7.93. The van der Waals surface area contributed by atoms with Crippen molar-refractivity contribution in [3.05, 3.63) is 59.1 Å². The lowest BCUT2D eigenvalue weighted by atomic mass is 10.2. The van der Waals surface area contributed by atoms with Gasteiger partial charge in [0, 0.05) is 16.6 Å². The summed E-state index contributed by atoms with van der Waals surface area (Å²) in [4.78, 5) is 21.3. The fourth-order valence-electron chi connectivity index (χ4n) is 2.21. The van der Waals surface area contributed by atoms with Gasteiger partial charge < -0.3 is 5.32 Å². The second kappa shape index (κ2) is 8.13. The maximum Gasteiger partial charge on any atom is 0.239 e. The Kier molecular flexibility index (Phi) is 5.66. The normalized spacial score (nSPS) is 11.6. The number of aryl methyl sites for hydroxylation is 1. The SMILES string of the molecule is Cc1ccc(C#N)c(SC(C)C(=O)Nc2nc(-c3ccccc3)cs2)n1. The van der Waals surface area contributed by atoms with Crippen LogP contribution in [0.15, 0.2) is 52.9 Å². The summed E-state index contributed by atoms with van der Waals surface area (Å²) in [5.41, 5.74) is 3.13. The van der Waals surface area contributed by atoms with E-state index in [0.29, 0.717) is 15.7 Å². The maximum atomic E-state index is 12.5. The maximum absolute atomic E-state index is 12.5. The summed E-state index contributed by atoms with van der Waals surface area (Å²) in [5, 5.41) is 14.7. The number of hydrogen-bond donors (Lipinski definition) is 1. The predicted molar refractivity (Wildman–Crippen MR) is 105 cm³/mol. The molecule has 0 spiro atoms. The number of nitrogens with one attached hydrogen (secondary N) is 1. The number of aromatic nitrogens is 2. The molecule has 0 radical (unpaired) electrons. The van der Waals surface area contributed by atoms with Crippen molar-refractivity contribution < 1.29 is 4.79 Å². The number of benzene rings is 1. The average molecular weight is 380 g/mol. The highest BCUT2D eigenvalue weighted by Gasteiger charge is 2.19. The molecule has 0 fully saturated rings. The van der Waals surface area contributed by atoms with Gasteiger partial charge in [-0.1, -0.05) is 42.1 Å². The van der Waals surface area contributed by atoms with Gasteiger partial charge in [-0.25, -0.2) is 9.97 Å². The first-order valence-corrected chi connectivity index (χ1v) is 9.69. The van der Waals surface area contributed by atoms with Crippen LogP contribution in [0.25, 0.3) is 11.3 Å². The van der Waals surface area contributed by atoms with Crippen LogP contribution < -0.4 is 5.32 Å². The van der Waals surface area contributed by atoms with Gasteiger partial charge in [0.05, 0.1) is 16.5 Å². The van der Waals surface area contributed by atoms with E-state index in [4.69, 9.17) is 0 Å². The zero-order valence-electron chi connectivity index (χ0n) is 14.3. The molecule has 7 heteroatoms. The Morgan fingerprint density at radius 1 is 1.23 bits per heavy atom. The Bertz CT molecular complexity index is 963. The van der Waals surface area contributed by atoms with Crippen LogP contribution in [0.3, 0.4) is 0 Å². The van der Waals surface area contributed by atoms with Crippen molar-refractivity contribution in [3.8, 4) is 17.3 Å².